The molecule has 0 saturated carbocycles. The van der Waals surface area contributed by atoms with Gasteiger partial charge < -0.3 is 14.2 Å². The van der Waals surface area contributed by atoms with Crippen molar-refractivity contribution in [1.82, 2.24) is 9.21 Å². The van der Waals surface area contributed by atoms with E-state index < -0.39 is 10.0 Å². The Hall–Kier alpha value is -2.29. The summed E-state index contributed by atoms with van der Waals surface area (Å²) in [6.45, 7) is 4.02. The maximum absolute atomic E-state index is 13.0. The number of rotatable bonds is 5. The van der Waals surface area contributed by atoms with Gasteiger partial charge in [0.25, 0.3) is 0 Å². The second-order valence-corrected chi connectivity index (χ2v) is 8.77. The minimum atomic E-state index is -3.55. The van der Waals surface area contributed by atoms with E-state index in [4.69, 9.17) is 14.2 Å². The molecule has 2 aliphatic heterocycles. The monoisotopic (exact) mass is 404 g/mol. The van der Waals surface area contributed by atoms with E-state index in [-0.39, 0.29) is 4.90 Å². The highest BCUT2D eigenvalue weighted by molar-refractivity contribution is 7.89. The number of benzene rings is 2. The van der Waals surface area contributed by atoms with Crippen molar-refractivity contribution in [2.45, 2.75) is 11.4 Å². The summed E-state index contributed by atoms with van der Waals surface area (Å²) in [6, 6.07) is 12.8. The number of piperazine rings is 1. The molecule has 2 aromatic rings. The lowest BCUT2D eigenvalue weighted by Crippen LogP contribution is -2.48. The number of hydrogen-bond donors (Lipinski definition) is 0. The van der Waals surface area contributed by atoms with E-state index in [0.29, 0.717) is 50.9 Å². The normalized spacial score (nSPS) is 18.0. The van der Waals surface area contributed by atoms with Gasteiger partial charge in [-0.3, -0.25) is 4.90 Å². The Labute approximate surface area is 165 Å². The van der Waals surface area contributed by atoms with Crippen molar-refractivity contribution in [2.24, 2.45) is 0 Å². The van der Waals surface area contributed by atoms with E-state index in [1.807, 2.05) is 24.3 Å². The highest BCUT2D eigenvalue weighted by Gasteiger charge is 2.29. The zero-order valence-electron chi connectivity index (χ0n) is 15.8. The van der Waals surface area contributed by atoms with Crippen LogP contribution in [0.1, 0.15) is 5.56 Å². The van der Waals surface area contributed by atoms with Crippen LogP contribution in [0.3, 0.4) is 0 Å². The van der Waals surface area contributed by atoms with E-state index >= 15 is 0 Å². The van der Waals surface area contributed by atoms with Crippen LogP contribution in [0.4, 0.5) is 0 Å². The molecule has 1 saturated heterocycles. The summed E-state index contributed by atoms with van der Waals surface area (Å²) in [5, 5.41) is 0. The molecule has 0 amide bonds. The molecule has 7 nitrogen and oxygen atoms in total. The van der Waals surface area contributed by atoms with Crippen LogP contribution in [0, 0.1) is 0 Å². The molecular formula is C20H24N2O5S. The Morgan fingerprint density at radius 3 is 2.29 bits per heavy atom. The molecule has 8 heteroatoms. The molecule has 28 heavy (non-hydrogen) atoms. The molecule has 2 aromatic carbocycles. The van der Waals surface area contributed by atoms with Gasteiger partial charge in [-0.15, -0.1) is 0 Å². The lowest BCUT2D eigenvalue weighted by Gasteiger charge is -2.34. The zero-order valence-corrected chi connectivity index (χ0v) is 16.7. The number of ether oxygens (including phenoxy) is 3. The van der Waals surface area contributed by atoms with Gasteiger partial charge in [0, 0.05) is 38.8 Å². The molecule has 2 aliphatic rings. The molecule has 1 fully saturated rings. The maximum atomic E-state index is 13.0. The van der Waals surface area contributed by atoms with Crippen molar-refractivity contribution >= 4 is 10.0 Å². The first-order valence-corrected chi connectivity index (χ1v) is 10.8. The summed E-state index contributed by atoms with van der Waals surface area (Å²) in [4.78, 5) is 2.51. The summed E-state index contributed by atoms with van der Waals surface area (Å²) in [6.07, 6.45) is 0. The van der Waals surface area contributed by atoms with Gasteiger partial charge in [-0.05, 0) is 29.8 Å². The molecular weight excluding hydrogens is 380 g/mol. The molecule has 0 atom stereocenters. The highest BCUT2D eigenvalue weighted by atomic mass is 32.2. The second-order valence-electron chi connectivity index (χ2n) is 6.83. The van der Waals surface area contributed by atoms with Crippen molar-refractivity contribution in [2.75, 3.05) is 46.5 Å². The smallest absolute Gasteiger partial charge is 0.243 e. The number of nitrogens with zero attached hydrogens (tertiary/aromatic N) is 2. The lowest BCUT2D eigenvalue weighted by molar-refractivity contribution is 0.170. The van der Waals surface area contributed by atoms with Crippen LogP contribution in [0.5, 0.6) is 17.2 Å². The molecule has 4 rings (SSSR count). The van der Waals surface area contributed by atoms with E-state index in [0.717, 1.165) is 12.3 Å². The number of methoxy groups -OCH3 is 1. The van der Waals surface area contributed by atoms with Gasteiger partial charge in [-0.25, -0.2) is 8.42 Å². The summed E-state index contributed by atoms with van der Waals surface area (Å²) in [7, 11) is -1.90. The molecule has 0 unspecified atom stereocenters. The minimum absolute atomic E-state index is 0.250. The van der Waals surface area contributed by atoms with E-state index in [9.17, 15) is 8.42 Å². The Bertz CT molecular complexity index is 922. The van der Waals surface area contributed by atoms with E-state index in [1.54, 1.807) is 29.6 Å². The minimum Gasteiger partial charge on any atom is -0.497 e. The third-order valence-electron chi connectivity index (χ3n) is 5.05. The predicted molar refractivity (Wildman–Crippen MR) is 104 cm³/mol. The van der Waals surface area contributed by atoms with Crippen molar-refractivity contribution in [3.8, 4) is 17.2 Å². The van der Waals surface area contributed by atoms with Crippen molar-refractivity contribution < 1.29 is 22.6 Å². The number of hydrogen-bond acceptors (Lipinski definition) is 6. The standard InChI is InChI=1S/C20H24N2O5S/c1-25-17-4-2-16(3-5-17)15-21-8-10-22(11-9-21)28(23,24)18-6-7-19-20(14-18)27-13-12-26-19/h2-7,14H,8-13,15H2,1H3. The van der Waals surface area contributed by atoms with Crippen molar-refractivity contribution in [3.63, 3.8) is 0 Å². The fourth-order valence-corrected chi connectivity index (χ4v) is 4.89. The number of sulfonamides is 1. The largest absolute Gasteiger partial charge is 0.497 e. The summed E-state index contributed by atoms with van der Waals surface area (Å²) in [5.41, 5.74) is 1.18. The average Bonchev–Trinajstić information content (AvgIpc) is 2.74. The van der Waals surface area contributed by atoms with Crippen LogP contribution < -0.4 is 14.2 Å². The first-order valence-electron chi connectivity index (χ1n) is 9.31. The van der Waals surface area contributed by atoms with E-state index in [2.05, 4.69) is 4.90 Å². The Morgan fingerprint density at radius 2 is 1.61 bits per heavy atom. The first kappa shape index (κ1) is 19.0. The van der Waals surface area contributed by atoms with Crippen LogP contribution in [0.25, 0.3) is 0 Å². The molecule has 150 valence electrons. The van der Waals surface area contributed by atoms with Crippen LogP contribution in [-0.2, 0) is 16.6 Å². The number of fused-ring (bicyclic) bond motifs is 1. The quantitative estimate of drug-likeness (QED) is 0.759. The van der Waals surface area contributed by atoms with Gasteiger partial charge >= 0.3 is 0 Å². The topological polar surface area (TPSA) is 68.3 Å². The molecule has 0 aromatic heterocycles. The SMILES string of the molecule is COc1ccc(CN2CCN(S(=O)(=O)c3ccc4c(c3)OCCO4)CC2)cc1. The van der Waals surface area contributed by atoms with Gasteiger partial charge in [0.2, 0.25) is 10.0 Å². The molecule has 0 N–H and O–H groups in total. The van der Waals surface area contributed by atoms with Crippen LogP contribution in [-0.4, -0.2) is 64.1 Å². The average molecular weight is 404 g/mol. The molecule has 0 spiro atoms. The fourth-order valence-electron chi connectivity index (χ4n) is 3.45. The highest BCUT2D eigenvalue weighted by Crippen LogP contribution is 2.33. The van der Waals surface area contributed by atoms with Crippen molar-refractivity contribution in [1.29, 1.82) is 0 Å². The first-order chi connectivity index (χ1) is 13.6. The van der Waals surface area contributed by atoms with Gasteiger partial charge in [-0.2, -0.15) is 4.31 Å². The van der Waals surface area contributed by atoms with Gasteiger partial charge in [0.1, 0.15) is 19.0 Å². The predicted octanol–water partition coefficient (Wildman–Crippen LogP) is 1.97. The Balaban J connectivity index is 1.39. The summed E-state index contributed by atoms with van der Waals surface area (Å²) < 4.78 is 43.7. The summed E-state index contributed by atoms with van der Waals surface area (Å²) in [5.74, 6) is 1.92. The zero-order chi connectivity index (χ0) is 19.6. The maximum Gasteiger partial charge on any atom is 0.243 e. The van der Waals surface area contributed by atoms with Crippen LogP contribution in [0.15, 0.2) is 47.4 Å². The third kappa shape index (κ3) is 3.94. The Morgan fingerprint density at radius 1 is 0.929 bits per heavy atom. The second kappa shape index (κ2) is 7.98. The van der Waals surface area contributed by atoms with Crippen LogP contribution >= 0.6 is 0 Å². The third-order valence-corrected chi connectivity index (χ3v) is 6.94. The summed E-state index contributed by atoms with van der Waals surface area (Å²) >= 11 is 0. The fraction of sp³-hybridized carbons (Fsp3) is 0.400. The van der Waals surface area contributed by atoms with E-state index in [1.165, 1.54) is 5.56 Å². The Kier molecular flexibility index (Phi) is 5.43. The van der Waals surface area contributed by atoms with Crippen LogP contribution in [0.2, 0.25) is 0 Å². The molecule has 2 heterocycles. The molecule has 0 radical (unpaired) electrons. The molecule has 0 aliphatic carbocycles. The molecule has 0 bridgehead atoms. The lowest BCUT2D eigenvalue weighted by atomic mass is 10.2. The van der Waals surface area contributed by atoms with Gasteiger partial charge in [0.05, 0.1) is 12.0 Å². The van der Waals surface area contributed by atoms with Crippen molar-refractivity contribution in [3.05, 3.63) is 48.0 Å². The van der Waals surface area contributed by atoms with Gasteiger partial charge in [-0.1, -0.05) is 12.1 Å². The van der Waals surface area contributed by atoms with Gasteiger partial charge in [0.15, 0.2) is 11.5 Å².